The third kappa shape index (κ3) is 5.82. The van der Waals surface area contributed by atoms with Gasteiger partial charge in [-0.2, -0.15) is 0 Å². The molecule has 1 heterocycles. The Hall–Kier alpha value is -2.39. The van der Waals surface area contributed by atoms with Crippen LogP contribution in [-0.2, 0) is 4.79 Å². The van der Waals surface area contributed by atoms with Crippen molar-refractivity contribution in [2.75, 3.05) is 11.1 Å². The summed E-state index contributed by atoms with van der Waals surface area (Å²) < 4.78 is 21.8. The van der Waals surface area contributed by atoms with Gasteiger partial charge in [0.2, 0.25) is 5.91 Å². The number of halogens is 2. The van der Waals surface area contributed by atoms with Crippen molar-refractivity contribution in [2.24, 2.45) is 0 Å². The number of nitrogens with one attached hydrogen (secondary N) is 1. The molecule has 158 valence electrons. The number of anilines is 1. The fraction of sp³-hybridized carbons (Fsp3) is 0.286. The van der Waals surface area contributed by atoms with Crippen molar-refractivity contribution in [3.8, 4) is 5.75 Å². The summed E-state index contributed by atoms with van der Waals surface area (Å²) in [6, 6.07) is 13.3. The average molecular weight is 493 g/mol. The van der Waals surface area contributed by atoms with Crippen molar-refractivity contribution in [3.05, 3.63) is 64.6 Å². The van der Waals surface area contributed by atoms with Gasteiger partial charge in [-0.05, 0) is 63.2 Å². The molecule has 0 aliphatic heterocycles. The zero-order chi connectivity index (χ0) is 21.7. The number of hydrogen-bond acceptors (Lipinski definition) is 5. The monoisotopic (exact) mass is 492 g/mol. The lowest BCUT2D eigenvalue weighted by Crippen LogP contribution is -2.16. The van der Waals surface area contributed by atoms with E-state index in [-0.39, 0.29) is 23.5 Å². The molecule has 0 radical (unpaired) electrons. The first kappa shape index (κ1) is 22.3. The van der Waals surface area contributed by atoms with E-state index in [1.807, 2.05) is 49.6 Å². The zero-order valence-electron chi connectivity index (χ0n) is 16.8. The van der Waals surface area contributed by atoms with Crippen molar-refractivity contribution in [3.63, 3.8) is 0 Å². The van der Waals surface area contributed by atoms with E-state index in [1.165, 1.54) is 23.9 Å². The first-order valence-corrected chi connectivity index (χ1v) is 11.2. The minimum atomic E-state index is -0.393. The number of hydrogen-bond donors (Lipinski definition) is 1. The Balaban J connectivity index is 1.67. The van der Waals surface area contributed by atoms with Crippen LogP contribution in [0.25, 0.3) is 0 Å². The predicted octanol–water partition coefficient (Wildman–Crippen LogP) is 5.63. The smallest absolute Gasteiger partial charge is 0.234 e. The number of carbonyl (C=O) groups excluding carboxylic acids is 1. The third-order valence-electron chi connectivity index (χ3n) is 4.14. The van der Waals surface area contributed by atoms with E-state index in [9.17, 15) is 9.18 Å². The molecule has 0 bridgehead atoms. The fourth-order valence-electron chi connectivity index (χ4n) is 2.81. The highest BCUT2D eigenvalue weighted by molar-refractivity contribution is 9.10. The Kier molecular flexibility index (Phi) is 7.49. The van der Waals surface area contributed by atoms with E-state index in [2.05, 4.69) is 31.4 Å². The summed E-state index contributed by atoms with van der Waals surface area (Å²) in [6.07, 6.45) is -0.393. The normalized spacial score (nSPS) is 12.1. The quantitative estimate of drug-likeness (QED) is 0.412. The lowest BCUT2D eigenvalue weighted by Gasteiger charge is -2.18. The van der Waals surface area contributed by atoms with Crippen LogP contribution in [0.15, 0.2) is 58.2 Å². The van der Waals surface area contributed by atoms with Gasteiger partial charge in [0.05, 0.1) is 5.75 Å². The second kappa shape index (κ2) is 10.1. The molecule has 0 aliphatic rings. The summed E-state index contributed by atoms with van der Waals surface area (Å²) in [5, 5.41) is 12.0. The second-order valence-corrected chi connectivity index (χ2v) is 8.72. The van der Waals surface area contributed by atoms with E-state index in [1.54, 1.807) is 12.1 Å². The van der Waals surface area contributed by atoms with Gasteiger partial charge in [0.15, 0.2) is 17.1 Å². The first-order chi connectivity index (χ1) is 14.3. The molecular formula is C21H22BrFN4O2S. The molecule has 2 aromatic carbocycles. The minimum absolute atomic E-state index is 0.0740. The first-order valence-electron chi connectivity index (χ1n) is 9.38. The second-order valence-electron chi connectivity index (χ2n) is 6.87. The number of ether oxygens (including phenoxy) is 1. The van der Waals surface area contributed by atoms with E-state index in [0.29, 0.717) is 16.7 Å². The van der Waals surface area contributed by atoms with Gasteiger partial charge in [0.25, 0.3) is 0 Å². The molecule has 6 nitrogen and oxygen atoms in total. The Morgan fingerprint density at radius 3 is 2.60 bits per heavy atom. The molecule has 3 rings (SSSR count). The molecule has 30 heavy (non-hydrogen) atoms. The summed E-state index contributed by atoms with van der Waals surface area (Å²) in [4.78, 5) is 12.3. The number of amides is 1. The average Bonchev–Trinajstić information content (AvgIpc) is 3.13. The molecule has 0 aliphatic carbocycles. The maximum absolute atomic E-state index is 13.1. The number of aromatic nitrogens is 3. The number of thioether (sulfide) groups is 1. The number of carbonyl (C=O) groups is 1. The van der Waals surface area contributed by atoms with Crippen LogP contribution in [0.1, 0.15) is 38.7 Å². The van der Waals surface area contributed by atoms with Crippen molar-refractivity contribution >= 4 is 39.3 Å². The van der Waals surface area contributed by atoms with Gasteiger partial charge >= 0.3 is 0 Å². The Morgan fingerprint density at radius 1 is 1.20 bits per heavy atom. The maximum atomic E-state index is 13.1. The zero-order valence-corrected chi connectivity index (χ0v) is 19.2. The summed E-state index contributed by atoms with van der Waals surface area (Å²) in [5.41, 5.74) is 0.724. The fourth-order valence-corrected chi connectivity index (χ4v) is 4.09. The molecule has 3 aromatic rings. The van der Waals surface area contributed by atoms with Crippen LogP contribution in [0.2, 0.25) is 0 Å². The Labute approximate surface area is 187 Å². The van der Waals surface area contributed by atoms with Gasteiger partial charge < -0.3 is 14.6 Å². The molecule has 1 aromatic heterocycles. The SMILES string of the molecule is CC(Oc1ccc(F)cc1)c1nnc(SCC(=O)Nc2cccc(Br)c2)n1C(C)C. The van der Waals surface area contributed by atoms with Crippen molar-refractivity contribution in [1.29, 1.82) is 0 Å². The molecule has 0 saturated heterocycles. The molecule has 9 heteroatoms. The largest absolute Gasteiger partial charge is 0.483 e. The number of rotatable bonds is 8. The highest BCUT2D eigenvalue weighted by Crippen LogP contribution is 2.28. The Bertz CT molecular complexity index is 1010. The van der Waals surface area contributed by atoms with E-state index >= 15 is 0 Å². The van der Waals surface area contributed by atoms with Gasteiger partial charge in [-0.25, -0.2) is 4.39 Å². The predicted molar refractivity (Wildman–Crippen MR) is 119 cm³/mol. The van der Waals surface area contributed by atoms with E-state index in [4.69, 9.17) is 4.74 Å². The van der Waals surface area contributed by atoms with Crippen LogP contribution in [-0.4, -0.2) is 26.4 Å². The standard InChI is InChI=1S/C21H22BrFN4O2S/c1-13(2)27-20(14(3)29-18-9-7-16(23)8-10-18)25-26-21(27)30-12-19(28)24-17-6-4-5-15(22)11-17/h4-11,13-14H,12H2,1-3H3,(H,24,28). The molecule has 1 amide bonds. The molecule has 0 saturated carbocycles. The Morgan fingerprint density at radius 2 is 1.93 bits per heavy atom. The van der Waals surface area contributed by atoms with Gasteiger partial charge in [-0.1, -0.05) is 33.8 Å². The molecule has 1 N–H and O–H groups in total. The van der Waals surface area contributed by atoms with Gasteiger partial charge in [-0.15, -0.1) is 10.2 Å². The molecule has 0 spiro atoms. The summed E-state index contributed by atoms with van der Waals surface area (Å²) >= 11 is 4.70. The molecular weight excluding hydrogens is 471 g/mol. The van der Waals surface area contributed by atoms with Crippen molar-refractivity contribution in [1.82, 2.24) is 14.8 Å². The number of benzene rings is 2. The van der Waals surface area contributed by atoms with Crippen LogP contribution in [0, 0.1) is 5.82 Å². The highest BCUT2D eigenvalue weighted by atomic mass is 79.9. The van der Waals surface area contributed by atoms with E-state index < -0.39 is 6.10 Å². The maximum Gasteiger partial charge on any atom is 0.234 e. The van der Waals surface area contributed by atoms with Crippen LogP contribution in [0.3, 0.4) is 0 Å². The van der Waals surface area contributed by atoms with Crippen molar-refractivity contribution in [2.45, 2.75) is 38.1 Å². The van der Waals surface area contributed by atoms with Crippen molar-refractivity contribution < 1.29 is 13.9 Å². The molecule has 0 fully saturated rings. The van der Waals surface area contributed by atoms with Crippen LogP contribution in [0.5, 0.6) is 5.75 Å². The summed E-state index contributed by atoms with van der Waals surface area (Å²) in [7, 11) is 0. The van der Waals surface area contributed by atoms with Gasteiger partial charge in [0.1, 0.15) is 11.6 Å². The van der Waals surface area contributed by atoms with E-state index in [0.717, 1.165) is 10.2 Å². The third-order valence-corrected chi connectivity index (χ3v) is 5.57. The molecule has 1 unspecified atom stereocenters. The van der Waals surface area contributed by atoms with Crippen LogP contribution >= 0.6 is 27.7 Å². The van der Waals surface area contributed by atoms with Crippen LogP contribution in [0.4, 0.5) is 10.1 Å². The molecule has 1 atom stereocenters. The highest BCUT2D eigenvalue weighted by Gasteiger charge is 2.22. The lowest BCUT2D eigenvalue weighted by molar-refractivity contribution is -0.113. The van der Waals surface area contributed by atoms with Gasteiger partial charge in [0, 0.05) is 16.2 Å². The topological polar surface area (TPSA) is 69.0 Å². The lowest BCUT2D eigenvalue weighted by atomic mass is 10.3. The summed E-state index contributed by atoms with van der Waals surface area (Å²) in [6.45, 7) is 5.90. The number of nitrogens with zero attached hydrogens (tertiary/aromatic N) is 3. The summed E-state index contributed by atoms with van der Waals surface area (Å²) in [5.74, 6) is 0.938. The minimum Gasteiger partial charge on any atom is -0.483 e. The van der Waals surface area contributed by atoms with Crippen LogP contribution < -0.4 is 10.1 Å². The van der Waals surface area contributed by atoms with Gasteiger partial charge in [-0.3, -0.25) is 4.79 Å².